The lowest BCUT2D eigenvalue weighted by atomic mass is 9.89. The molecule has 18 heavy (non-hydrogen) atoms. The highest BCUT2D eigenvalue weighted by molar-refractivity contribution is 5.68. The Balaban J connectivity index is 1.93. The minimum atomic E-state index is -0.435. The molecule has 2 fully saturated rings. The van der Waals surface area contributed by atoms with E-state index in [-0.39, 0.29) is 11.5 Å². The molecule has 2 aliphatic rings. The molecule has 1 saturated carbocycles. The van der Waals surface area contributed by atoms with Crippen molar-refractivity contribution in [3.63, 3.8) is 0 Å². The molecule has 0 aromatic rings. The van der Waals surface area contributed by atoms with Gasteiger partial charge >= 0.3 is 6.09 Å². The van der Waals surface area contributed by atoms with Gasteiger partial charge in [0.1, 0.15) is 5.60 Å². The van der Waals surface area contributed by atoms with Crippen LogP contribution in [0.5, 0.6) is 0 Å². The fourth-order valence-electron chi connectivity index (χ4n) is 3.21. The van der Waals surface area contributed by atoms with Crippen molar-refractivity contribution in [2.24, 2.45) is 17.3 Å². The van der Waals surface area contributed by atoms with Crippen molar-refractivity contribution in [3.05, 3.63) is 0 Å². The summed E-state index contributed by atoms with van der Waals surface area (Å²) in [5, 5.41) is 9.15. The van der Waals surface area contributed by atoms with E-state index in [1.165, 1.54) is 0 Å². The third kappa shape index (κ3) is 2.60. The molecule has 0 N–H and O–H groups in total. The van der Waals surface area contributed by atoms with E-state index in [4.69, 9.17) is 10.00 Å². The minimum Gasteiger partial charge on any atom is -0.444 e. The Labute approximate surface area is 109 Å². The molecular formula is C14H22N2O2. The first-order valence-corrected chi connectivity index (χ1v) is 6.62. The number of nitriles is 1. The van der Waals surface area contributed by atoms with E-state index >= 15 is 0 Å². The Hall–Kier alpha value is -1.24. The van der Waals surface area contributed by atoms with Crippen molar-refractivity contribution in [3.8, 4) is 6.07 Å². The topological polar surface area (TPSA) is 53.3 Å². The van der Waals surface area contributed by atoms with Crippen molar-refractivity contribution in [1.29, 1.82) is 5.26 Å². The Bertz CT molecular complexity index is 378. The van der Waals surface area contributed by atoms with E-state index in [9.17, 15) is 4.79 Å². The lowest BCUT2D eigenvalue weighted by molar-refractivity contribution is 0.0275. The van der Waals surface area contributed by atoms with E-state index in [2.05, 4.69) is 6.07 Å². The molecule has 0 radical (unpaired) electrons. The summed E-state index contributed by atoms with van der Waals surface area (Å²) >= 11 is 0. The zero-order chi connectivity index (χ0) is 13.6. The van der Waals surface area contributed by atoms with Gasteiger partial charge in [0.2, 0.25) is 0 Å². The zero-order valence-electron chi connectivity index (χ0n) is 11.7. The van der Waals surface area contributed by atoms with Gasteiger partial charge in [-0.3, -0.25) is 0 Å². The second kappa shape index (κ2) is 4.15. The van der Waals surface area contributed by atoms with Crippen LogP contribution in [0.15, 0.2) is 0 Å². The summed E-state index contributed by atoms with van der Waals surface area (Å²) in [5.41, 5.74) is -0.620. The summed E-state index contributed by atoms with van der Waals surface area (Å²) in [6.07, 6.45) is 1.61. The third-order valence-corrected chi connectivity index (χ3v) is 3.92. The molecule has 0 aromatic carbocycles. The monoisotopic (exact) mass is 250 g/mol. The molecule has 0 spiro atoms. The molecule has 4 nitrogen and oxygen atoms in total. The summed E-state index contributed by atoms with van der Waals surface area (Å²) in [7, 11) is 0. The first-order valence-electron chi connectivity index (χ1n) is 6.62. The van der Waals surface area contributed by atoms with Crippen LogP contribution >= 0.6 is 0 Å². The molecule has 0 bridgehead atoms. The maximum Gasteiger partial charge on any atom is 0.410 e. The van der Waals surface area contributed by atoms with Crippen molar-refractivity contribution in [2.75, 3.05) is 13.1 Å². The van der Waals surface area contributed by atoms with Gasteiger partial charge in [-0.15, -0.1) is 0 Å². The van der Waals surface area contributed by atoms with Gasteiger partial charge in [-0.25, -0.2) is 4.79 Å². The number of hydrogen-bond acceptors (Lipinski definition) is 3. The third-order valence-electron chi connectivity index (χ3n) is 3.92. The second-order valence-electron chi connectivity index (χ2n) is 6.99. The van der Waals surface area contributed by atoms with Gasteiger partial charge in [0, 0.05) is 13.1 Å². The molecule has 1 saturated heterocycles. The van der Waals surface area contributed by atoms with Crippen LogP contribution in [-0.2, 0) is 4.74 Å². The average Bonchev–Trinajstić information content (AvgIpc) is 2.70. The smallest absolute Gasteiger partial charge is 0.410 e. The summed E-state index contributed by atoms with van der Waals surface area (Å²) in [5.74, 6) is 0.948. The van der Waals surface area contributed by atoms with Crippen LogP contribution in [-0.4, -0.2) is 29.7 Å². The predicted octanol–water partition coefficient (Wildman–Crippen LogP) is 2.79. The van der Waals surface area contributed by atoms with Gasteiger partial charge in [0.25, 0.3) is 0 Å². The van der Waals surface area contributed by atoms with Crippen LogP contribution in [0.2, 0.25) is 0 Å². The van der Waals surface area contributed by atoms with Crippen LogP contribution in [0.25, 0.3) is 0 Å². The normalized spacial score (nSPS) is 35.2. The van der Waals surface area contributed by atoms with Crippen LogP contribution in [0, 0.1) is 28.6 Å². The Kier molecular flexibility index (Phi) is 3.04. The molecule has 1 amide bonds. The molecule has 1 heterocycles. The maximum absolute atomic E-state index is 12.0. The molecule has 0 aromatic heterocycles. The van der Waals surface area contributed by atoms with E-state index in [1.54, 1.807) is 4.90 Å². The Morgan fingerprint density at radius 1 is 1.33 bits per heavy atom. The van der Waals surface area contributed by atoms with Crippen LogP contribution in [0.4, 0.5) is 4.79 Å². The molecule has 4 heteroatoms. The molecule has 1 aliphatic heterocycles. The average molecular weight is 250 g/mol. The zero-order valence-corrected chi connectivity index (χ0v) is 11.7. The fraction of sp³-hybridized carbons (Fsp3) is 0.857. The van der Waals surface area contributed by atoms with Gasteiger partial charge in [0.05, 0.1) is 11.5 Å². The number of amides is 1. The van der Waals surface area contributed by atoms with E-state index in [0.29, 0.717) is 11.8 Å². The Morgan fingerprint density at radius 2 is 1.83 bits per heavy atom. The summed E-state index contributed by atoms with van der Waals surface area (Å²) in [6.45, 7) is 9.18. The van der Waals surface area contributed by atoms with Crippen molar-refractivity contribution >= 4 is 6.09 Å². The summed E-state index contributed by atoms with van der Waals surface area (Å²) < 4.78 is 5.39. The van der Waals surface area contributed by atoms with Gasteiger partial charge in [-0.2, -0.15) is 5.26 Å². The maximum atomic E-state index is 12.0. The van der Waals surface area contributed by atoms with Crippen molar-refractivity contribution in [2.45, 2.75) is 46.1 Å². The first kappa shape index (κ1) is 13.2. The summed E-state index contributed by atoms with van der Waals surface area (Å²) in [6, 6.07) is 2.42. The molecule has 1 unspecified atom stereocenters. The highest BCUT2D eigenvalue weighted by Crippen LogP contribution is 2.48. The lowest BCUT2D eigenvalue weighted by Crippen LogP contribution is -2.36. The molecule has 2 rings (SSSR count). The minimum absolute atomic E-state index is 0.185. The first-order chi connectivity index (χ1) is 8.22. The van der Waals surface area contributed by atoms with Gasteiger partial charge in [0.15, 0.2) is 0 Å². The summed E-state index contributed by atoms with van der Waals surface area (Å²) in [4.78, 5) is 13.8. The second-order valence-corrected chi connectivity index (χ2v) is 6.99. The number of carbonyl (C=O) groups excluding carboxylic acids is 1. The lowest BCUT2D eigenvalue weighted by Gasteiger charge is -2.25. The number of nitrogens with zero attached hydrogens (tertiary/aromatic N) is 2. The Morgan fingerprint density at radius 3 is 2.22 bits per heavy atom. The highest BCUT2D eigenvalue weighted by Gasteiger charge is 2.48. The molecule has 1 aliphatic carbocycles. The van der Waals surface area contributed by atoms with Gasteiger partial charge < -0.3 is 9.64 Å². The number of hydrogen-bond donors (Lipinski definition) is 0. The SMILES string of the molecule is CC1(C#N)C[C@H]2CN(C(=O)OC(C)(C)C)C[C@H]2C1. The van der Waals surface area contributed by atoms with Crippen molar-refractivity contribution < 1.29 is 9.53 Å². The van der Waals surface area contributed by atoms with Crippen molar-refractivity contribution in [1.82, 2.24) is 4.90 Å². The van der Waals surface area contributed by atoms with Crippen LogP contribution in [0.1, 0.15) is 40.5 Å². The molecular weight excluding hydrogens is 228 g/mol. The van der Waals surface area contributed by atoms with Gasteiger partial charge in [-0.1, -0.05) is 0 Å². The molecule has 3 atom stereocenters. The highest BCUT2D eigenvalue weighted by atomic mass is 16.6. The number of carbonyl (C=O) groups is 1. The molecule has 100 valence electrons. The van der Waals surface area contributed by atoms with Crippen LogP contribution in [0.3, 0.4) is 0 Å². The number of fused-ring (bicyclic) bond motifs is 1. The standard InChI is InChI=1S/C14H22N2O2/c1-13(2,3)18-12(17)16-7-10-5-14(4,9-15)6-11(10)8-16/h10-11H,5-8H2,1-4H3/t10-,11+,14?. The predicted molar refractivity (Wildman–Crippen MR) is 67.7 cm³/mol. The van der Waals surface area contributed by atoms with E-state index < -0.39 is 5.60 Å². The van der Waals surface area contributed by atoms with Crippen LogP contribution < -0.4 is 0 Å². The van der Waals surface area contributed by atoms with E-state index in [1.807, 2.05) is 27.7 Å². The van der Waals surface area contributed by atoms with Gasteiger partial charge in [-0.05, 0) is 52.4 Å². The van der Waals surface area contributed by atoms with E-state index in [0.717, 1.165) is 25.9 Å². The number of ether oxygens (including phenoxy) is 1. The largest absolute Gasteiger partial charge is 0.444 e. The number of likely N-dealkylation sites (tertiary alicyclic amines) is 1. The quantitative estimate of drug-likeness (QED) is 0.664. The fourth-order valence-corrected chi connectivity index (χ4v) is 3.21. The number of rotatable bonds is 0.